The van der Waals surface area contributed by atoms with Crippen LogP contribution in [0, 0.1) is 29.4 Å². The van der Waals surface area contributed by atoms with E-state index in [4.69, 9.17) is 0 Å². The average molecular weight is 295 g/mol. The first-order valence-corrected chi connectivity index (χ1v) is 8.20. The van der Waals surface area contributed by atoms with Crippen LogP contribution in [0.15, 0.2) is 18.2 Å². The molecule has 0 bridgehead atoms. The summed E-state index contributed by atoms with van der Waals surface area (Å²) in [5.41, 5.74) is 0.752. The van der Waals surface area contributed by atoms with Crippen molar-refractivity contribution < 1.29 is 8.78 Å². The molecule has 0 heterocycles. The number of hydrogen-bond acceptors (Lipinski definition) is 1. The molecule has 0 radical (unpaired) electrons. The molecule has 2 rings (SSSR count). The molecule has 1 aliphatic rings. The fourth-order valence-corrected chi connectivity index (χ4v) is 3.68. The number of rotatable bonds is 5. The van der Waals surface area contributed by atoms with E-state index in [-0.39, 0.29) is 6.04 Å². The lowest BCUT2D eigenvalue weighted by Gasteiger charge is -2.36. The Bertz CT molecular complexity index is 430. The summed E-state index contributed by atoms with van der Waals surface area (Å²) in [4.78, 5) is 0. The standard InChI is InChI=1S/C18H27F2N/c1-4-21-18(15-9-16(19)11-17(20)10-15)14-7-5-13(6-8-14)12(2)3/h9-14,18,21H,4-8H2,1-3H3. The third-order valence-corrected chi connectivity index (χ3v) is 4.90. The second-order valence-corrected chi connectivity index (χ2v) is 6.66. The second kappa shape index (κ2) is 7.35. The van der Waals surface area contributed by atoms with Crippen LogP contribution in [-0.2, 0) is 0 Å². The van der Waals surface area contributed by atoms with E-state index in [2.05, 4.69) is 19.2 Å². The van der Waals surface area contributed by atoms with Gasteiger partial charge in [0, 0.05) is 12.1 Å². The van der Waals surface area contributed by atoms with Crippen LogP contribution in [0.5, 0.6) is 0 Å². The van der Waals surface area contributed by atoms with E-state index in [0.717, 1.165) is 42.9 Å². The van der Waals surface area contributed by atoms with Crippen LogP contribution in [0.3, 0.4) is 0 Å². The molecule has 0 aromatic heterocycles. The smallest absolute Gasteiger partial charge is 0.126 e. The summed E-state index contributed by atoms with van der Waals surface area (Å²) in [6.45, 7) is 7.43. The number of benzene rings is 1. The Balaban J connectivity index is 2.12. The Morgan fingerprint density at radius 2 is 1.52 bits per heavy atom. The van der Waals surface area contributed by atoms with Gasteiger partial charge in [0.25, 0.3) is 0 Å². The number of halogens is 2. The molecule has 118 valence electrons. The predicted molar refractivity (Wildman–Crippen MR) is 83.1 cm³/mol. The molecule has 1 atom stereocenters. The van der Waals surface area contributed by atoms with Crippen molar-refractivity contribution in [1.29, 1.82) is 0 Å². The number of hydrogen-bond donors (Lipinski definition) is 1. The highest BCUT2D eigenvalue weighted by Crippen LogP contribution is 2.39. The van der Waals surface area contributed by atoms with E-state index < -0.39 is 11.6 Å². The van der Waals surface area contributed by atoms with Crippen molar-refractivity contribution in [1.82, 2.24) is 5.32 Å². The molecule has 21 heavy (non-hydrogen) atoms. The van der Waals surface area contributed by atoms with E-state index >= 15 is 0 Å². The third-order valence-electron chi connectivity index (χ3n) is 4.90. The highest BCUT2D eigenvalue weighted by molar-refractivity contribution is 5.22. The van der Waals surface area contributed by atoms with Gasteiger partial charge in [-0.3, -0.25) is 0 Å². The fraction of sp³-hybridized carbons (Fsp3) is 0.667. The highest BCUT2D eigenvalue weighted by Gasteiger charge is 2.29. The summed E-state index contributed by atoms with van der Waals surface area (Å²) < 4.78 is 27.0. The minimum Gasteiger partial charge on any atom is -0.310 e. The summed E-state index contributed by atoms with van der Waals surface area (Å²) >= 11 is 0. The summed E-state index contributed by atoms with van der Waals surface area (Å²) in [7, 11) is 0. The van der Waals surface area contributed by atoms with Crippen LogP contribution in [0.4, 0.5) is 8.78 Å². The van der Waals surface area contributed by atoms with Gasteiger partial charge >= 0.3 is 0 Å². The van der Waals surface area contributed by atoms with E-state index in [9.17, 15) is 8.78 Å². The molecule has 1 aromatic rings. The highest BCUT2D eigenvalue weighted by atomic mass is 19.1. The Morgan fingerprint density at radius 3 is 2.00 bits per heavy atom. The van der Waals surface area contributed by atoms with Crippen molar-refractivity contribution in [3.05, 3.63) is 35.4 Å². The van der Waals surface area contributed by atoms with Crippen LogP contribution in [0.1, 0.15) is 58.1 Å². The van der Waals surface area contributed by atoms with Gasteiger partial charge in [-0.1, -0.05) is 20.8 Å². The van der Waals surface area contributed by atoms with Crippen LogP contribution in [0.25, 0.3) is 0 Å². The van der Waals surface area contributed by atoms with Gasteiger partial charge in [-0.05, 0) is 67.7 Å². The molecule has 0 spiro atoms. The van der Waals surface area contributed by atoms with Crippen LogP contribution in [-0.4, -0.2) is 6.54 Å². The predicted octanol–water partition coefficient (Wildman–Crippen LogP) is 5.08. The first-order valence-electron chi connectivity index (χ1n) is 8.20. The zero-order chi connectivity index (χ0) is 15.4. The maximum Gasteiger partial charge on any atom is 0.126 e. The summed E-state index contributed by atoms with van der Waals surface area (Å²) in [5.74, 6) is 1.04. The molecular weight excluding hydrogens is 268 g/mol. The van der Waals surface area contributed by atoms with Crippen molar-refractivity contribution >= 4 is 0 Å². The summed E-state index contributed by atoms with van der Waals surface area (Å²) in [6.07, 6.45) is 4.72. The zero-order valence-corrected chi connectivity index (χ0v) is 13.3. The molecule has 0 amide bonds. The van der Waals surface area contributed by atoms with Crippen molar-refractivity contribution in [2.24, 2.45) is 17.8 Å². The molecule has 1 aromatic carbocycles. The van der Waals surface area contributed by atoms with Gasteiger partial charge in [-0.2, -0.15) is 0 Å². The van der Waals surface area contributed by atoms with Gasteiger partial charge in [-0.15, -0.1) is 0 Å². The second-order valence-electron chi connectivity index (χ2n) is 6.66. The van der Waals surface area contributed by atoms with Crippen LogP contribution in [0.2, 0.25) is 0 Å². The SMILES string of the molecule is CCNC(c1cc(F)cc(F)c1)C1CCC(C(C)C)CC1. The lowest BCUT2D eigenvalue weighted by Crippen LogP contribution is -2.32. The van der Waals surface area contributed by atoms with Crippen molar-refractivity contribution in [2.75, 3.05) is 6.54 Å². The summed E-state index contributed by atoms with van der Waals surface area (Å²) in [5, 5.41) is 3.43. The van der Waals surface area contributed by atoms with Crippen LogP contribution < -0.4 is 5.32 Å². The molecule has 0 aliphatic heterocycles. The molecule has 1 unspecified atom stereocenters. The summed E-state index contributed by atoms with van der Waals surface area (Å²) in [6, 6.07) is 3.96. The van der Waals surface area contributed by atoms with E-state index in [0.29, 0.717) is 5.92 Å². The normalized spacial score (nSPS) is 24.3. The minimum absolute atomic E-state index is 0.0633. The van der Waals surface area contributed by atoms with Gasteiger partial charge < -0.3 is 5.32 Å². The largest absolute Gasteiger partial charge is 0.310 e. The third kappa shape index (κ3) is 4.26. The van der Waals surface area contributed by atoms with Crippen molar-refractivity contribution in [3.63, 3.8) is 0 Å². The monoisotopic (exact) mass is 295 g/mol. The van der Waals surface area contributed by atoms with Gasteiger partial charge in [0.2, 0.25) is 0 Å². The molecule has 1 N–H and O–H groups in total. The molecule has 0 saturated heterocycles. The molecular formula is C18H27F2N. The van der Waals surface area contributed by atoms with Crippen molar-refractivity contribution in [3.8, 4) is 0 Å². The molecule has 1 saturated carbocycles. The van der Waals surface area contributed by atoms with Gasteiger partial charge in [-0.25, -0.2) is 8.78 Å². The lowest BCUT2D eigenvalue weighted by molar-refractivity contribution is 0.189. The van der Waals surface area contributed by atoms with Gasteiger partial charge in [0.15, 0.2) is 0 Å². The van der Waals surface area contributed by atoms with Gasteiger partial charge in [0.05, 0.1) is 0 Å². The molecule has 1 aliphatic carbocycles. The minimum atomic E-state index is -0.483. The maximum absolute atomic E-state index is 13.5. The Morgan fingerprint density at radius 1 is 1.00 bits per heavy atom. The quantitative estimate of drug-likeness (QED) is 0.799. The van der Waals surface area contributed by atoms with Crippen molar-refractivity contribution in [2.45, 2.75) is 52.5 Å². The fourth-order valence-electron chi connectivity index (χ4n) is 3.68. The maximum atomic E-state index is 13.5. The van der Waals surface area contributed by atoms with E-state index in [1.54, 1.807) is 0 Å². The van der Waals surface area contributed by atoms with Gasteiger partial charge in [0.1, 0.15) is 11.6 Å². The first kappa shape index (κ1) is 16.4. The molecule has 1 fully saturated rings. The van der Waals surface area contributed by atoms with Crippen LogP contribution >= 0.6 is 0 Å². The zero-order valence-electron chi connectivity index (χ0n) is 13.3. The molecule has 3 heteroatoms. The van der Waals surface area contributed by atoms with E-state index in [1.807, 2.05) is 6.92 Å². The Hall–Kier alpha value is -0.960. The lowest BCUT2D eigenvalue weighted by atomic mass is 9.73. The molecule has 1 nitrogen and oxygen atoms in total. The first-order chi connectivity index (χ1) is 10.0. The topological polar surface area (TPSA) is 12.0 Å². The average Bonchev–Trinajstić information content (AvgIpc) is 2.44. The Labute approximate surface area is 127 Å². The number of nitrogens with one attached hydrogen (secondary N) is 1. The van der Waals surface area contributed by atoms with E-state index in [1.165, 1.54) is 25.0 Å². The Kier molecular flexibility index (Phi) is 5.74.